The highest BCUT2D eigenvalue weighted by Crippen LogP contribution is 2.13. The van der Waals surface area contributed by atoms with E-state index in [1.807, 2.05) is 6.92 Å². The van der Waals surface area contributed by atoms with Crippen LogP contribution >= 0.6 is 0 Å². The fourth-order valence-corrected chi connectivity index (χ4v) is 1.20. The lowest BCUT2D eigenvalue weighted by molar-refractivity contribution is -0.0312. The first kappa shape index (κ1) is 11.6. The first-order chi connectivity index (χ1) is 7.13. The van der Waals surface area contributed by atoms with E-state index < -0.39 is 18.4 Å². The molecule has 1 aliphatic heterocycles. The van der Waals surface area contributed by atoms with E-state index in [9.17, 15) is 9.59 Å². The number of likely N-dealkylation sites (tertiary alicyclic amines) is 1. The normalized spacial score (nSPS) is 15.7. The summed E-state index contributed by atoms with van der Waals surface area (Å²) >= 11 is 0. The van der Waals surface area contributed by atoms with Crippen molar-refractivity contribution in [3.8, 4) is 0 Å². The number of unbranched alkanes of at least 4 members (excludes halogenated alkanes) is 1. The van der Waals surface area contributed by atoms with E-state index in [1.165, 1.54) is 4.90 Å². The number of ether oxygens (including phenoxy) is 2. The topological polar surface area (TPSA) is 76.1 Å². The molecule has 6 nitrogen and oxygen atoms in total. The second-order valence-corrected chi connectivity index (χ2v) is 3.38. The molecule has 6 heteroatoms. The summed E-state index contributed by atoms with van der Waals surface area (Å²) in [4.78, 5) is 22.8. The predicted molar refractivity (Wildman–Crippen MR) is 50.7 cm³/mol. The Bertz CT molecular complexity index is 237. The highest BCUT2D eigenvalue weighted by molar-refractivity contribution is 5.69. The second-order valence-electron chi connectivity index (χ2n) is 3.38. The molecule has 0 aliphatic carbocycles. The van der Waals surface area contributed by atoms with Crippen molar-refractivity contribution < 1.29 is 24.2 Å². The minimum atomic E-state index is -1.31. The van der Waals surface area contributed by atoms with Gasteiger partial charge in [0.05, 0.1) is 19.7 Å². The predicted octanol–water partition coefficient (Wildman–Crippen LogP) is 1.30. The summed E-state index contributed by atoms with van der Waals surface area (Å²) in [5.74, 6) is 0. The average Bonchev–Trinajstić information content (AvgIpc) is 2.10. The molecule has 0 aromatic heterocycles. The van der Waals surface area contributed by atoms with Crippen LogP contribution < -0.4 is 0 Å². The average molecular weight is 217 g/mol. The number of rotatable bonds is 4. The highest BCUT2D eigenvalue weighted by atomic mass is 16.7. The molecule has 15 heavy (non-hydrogen) atoms. The zero-order valence-corrected chi connectivity index (χ0v) is 8.64. The van der Waals surface area contributed by atoms with Gasteiger partial charge in [0.2, 0.25) is 0 Å². The summed E-state index contributed by atoms with van der Waals surface area (Å²) in [7, 11) is 0. The second kappa shape index (κ2) is 5.43. The molecule has 1 saturated heterocycles. The zero-order chi connectivity index (χ0) is 11.3. The van der Waals surface area contributed by atoms with Crippen LogP contribution in [0, 0.1) is 0 Å². The third-order valence-corrected chi connectivity index (χ3v) is 2.10. The van der Waals surface area contributed by atoms with Gasteiger partial charge in [-0.3, -0.25) is 0 Å². The third kappa shape index (κ3) is 3.65. The summed E-state index contributed by atoms with van der Waals surface area (Å²) in [6, 6.07) is 0. The van der Waals surface area contributed by atoms with Crippen LogP contribution in [0.15, 0.2) is 0 Å². The van der Waals surface area contributed by atoms with Gasteiger partial charge in [0.15, 0.2) is 0 Å². The lowest BCUT2D eigenvalue weighted by atomic mass is 10.2. The Balaban J connectivity index is 2.09. The highest BCUT2D eigenvalue weighted by Gasteiger charge is 2.34. The van der Waals surface area contributed by atoms with Gasteiger partial charge in [-0.15, -0.1) is 0 Å². The van der Waals surface area contributed by atoms with E-state index in [4.69, 9.17) is 9.84 Å². The van der Waals surface area contributed by atoms with Gasteiger partial charge in [-0.1, -0.05) is 13.3 Å². The Morgan fingerprint density at radius 3 is 2.67 bits per heavy atom. The maximum Gasteiger partial charge on any atom is 0.506 e. The molecule has 1 amide bonds. The molecule has 0 aromatic carbocycles. The molecule has 0 radical (unpaired) electrons. The first-order valence-electron chi connectivity index (χ1n) is 4.94. The third-order valence-electron chi connectivity index (χ3n) is 2.10. The number of nitrogens with zero attached hydrogens (tertiary/aromatic N) is 1. The van der Waals surface area contributed by atoms with Crippen LogP contribution in [0.5, 0.6) is 0 Å². The number of carboxylic acid groups (broad SMARTS) is 1. The van der Waals surface area contributed by atoms with Gasteiger partial charge in [0.1, 0.15) is 6.10 Å². The van der Waals surface area contributed by atoms with Crippen molar-refractivity contribution in [2.45, 2.75) is 25.9 Å². The van der Waals surface area contributed by atoms with Gasteiger partial charge < -0.3 is 19.5 Å². The molecule has 86 valence electrons. The molecule has 0 spiro atoms. The Labute approximate surface area is 87.8 Å². The van der Waals surface area contributed by atoms with Crippen molar-refractivity contribution in [1.29, 1.82) is 0 Å². The van der Waals surface area contributed by atoms with Crippen LogP contribution in [0.1, 0.15) is 19.8 Å². The van der Waals surface area contributed by atoms with Crippen molar-refractivity contribution in [2.24, 2.45) is 0 Å². The maximum absolute atomic E-state index is 11.2. The fraction of sp³-hybridized carbons (Fsp3) is 0.778. The van der Waals surface area contributed by atoms with E-state index in [2.05, 4.69) is 4.74 Å². The Morgan fingerprint density at radius 2 is 2.13 bits per heavy atom. The van der Waals surface area contributed by atoms with E-state index in [1.54, 1.807) is 0 Å². The number of carbonyl (C=O) groups is 2. The molecule has 0 atom stereocenters. The van der Waals surface area contributed by atoms with Gasteiger partial charge in [-0.25, -0.2) is 9.59 Å². The molecule has 0 unspecified atom stereocenters. The van der Waals surface area contributed by atoms with Crippen molar-refractivity contribution in [2.75, 3.05) is 19.7 Å². The summed E-state index contributed by atoms with van der Waals surface area (Å²) in [5, 5.41) is 8.29. The van der Waals surface area contributed by atoms with Gasteiger partial charge in [0.25, 0.3) is 0 Å². The van der Waals surface area contributed by atoms with E-state index in [0.29, 0.717) is 6.61 Å². The van der Waals surface area contributed by atoms with Crippen LogP contribution in [0.4, 0.5) is 9.59 Å². The Morgan fingerprint density at radius 1 is 1.47 bits per heavy atom. The van der Waals surface area contributed by atoms with E-state index >= 15 is 0 Å². The van der Waals surface area contributed by atoms with Crippen molar-refractivity contribution in [3.63, 3.8) is 0 Å². The SMILES string of the molecule is CCCCOC(=O)N1CC(OC(=O)O)C1. The van der Waals surface area contributed by atoms with E-state index in [0.717, 1.165) is 12.8 Å². The molecule has 1 aliphatic rings. The van der Waals surface area contributed by atoms with Crippen LogP contribution in [0.25, 0.3) is 0 Å². The zero-order valence-electron chi connectivity index (χ0n) is 8.64. The summed E-state index contributed by atoms with van der Waals surface area (Å²) in [5.41, 5.74) is 0. The number of amides is 1. The van der Waals surface area contributed by atoms with Crippen molar-refractivity contribution in [3.05, 3.63) is 0 Å². The lowest BCUT2D eigenvalue weighted by Crippen LogP contribution is -2.55. The van der Waals surface area contributed by atoms with E-state index in [-0.39, 0.29) is 13.1 Å². The first-order valence-corrected chi connectivity index (χ1v) is 4.94. The monoisotopic (exact) mass is 217 g/mol. The lowest BCUT2D eigenvalue weighted by Gasteiger charge is -2.36. The smallest absolute Gasteiger partial charge is 0.450 e. The number of hydrogen-bond acceptors (Lipinski definition) is 4. The van der Waals surface area contributed by atoms with Gasteiger partial charge >= 0.3 is 12.2 Å². The van der Waals surface area contributed by atoms with Crippen LogP contribution in [-0.4, -0.2) is 48.1 Å². The Kier molecular flexibility index (Phi) is 4.20. The molecule has 0 aromatic rings. The van der Waals surface area contributed by atoms with Gasteiger partial charge in [-0.05, 0) is 6.42 Å². The maximum atomic E-state index is 11.2. The van der Waals surface area contributed by atoms with Crippen LogP contribution in [0.3, 0.4) is 0 Å². The minimum Gasteiger partial charge on any atom is -0.450 e. The molecule has 1 heterocycles. The van der Waals surface area contributed by atoms with Gasteiger partial charge in [-0.2, -0.15) is 0 Å². The Hall–Kier alpha value is -1.46. The molecule has 0 bridgehead atoms. The largest absolute Gasteiger partial charge is 0.506 e. The molecule has 0 saturated carbocycles. The summed E-state index contributed by atoms with van der Waals surface area (Å²) in [6.45, 7) is 3.00. The molecule has 1 rings (SSSR count). The molecule has 1 N–H and O–H groups in total. The standard InChI is InChI=1S/C9H15NO5/c1-2-3-4-14-8(11)10-5-7(6-10)15-9(12)13/h7H,2-6H2,1H3,(H,12,13). The number of hydrogen-bond donors (Lipinski definition) is 1. The molecular weight excluding hydrogens is 202 g/mol. The molecular formula is C9H15NO5. The number of carbonyl (C=O) groups excluding carboxylic acids is 1. The van der Waals surface area contributed by atoms with Crippen LogP contribution in [0.2, 0.25) is 0 Å². The minimum absolute atomic E-state index is 0.289. The quantitative estimate of drug-likeness (QED) is 0.567. The van der Waals surface area contributed by atoms with Crippen LogP contribution in [-0.2, 0) is 9.47 Å². The van der Waals surface area contributed by atoms with Crippen molar-refractivity contribution in [1.82, 2.24) is 4.90 Å². The van der Waals surface area contributed by atoms with Gasteiger partial charge in [0, 0.05) is 0 Å². The fourth-order valence-electron chi connectivity index (χ4n) is 1.20. The van der Waals surface area contributed by atoms with Crippen molar-refractivity contribution >= 4 is 12.2 Å². The molecule has 1 fully saturated rings. The summed E-state index contributed by atoms with van der Waals surface area (Å²) < 4.78 is 9.38. The summed E-state index contributed by atoms with van der Waals surface area (Å²) in [6.07, 6.45) is -0.291.